The number of phenols is 1. The van der Waals surface area contributed by atoms with Crippen molar-refractivity contribution in [3.63, 3.8) is 0 Å². The molecule has 0 unspecified atom stereocenters. The van der Waals surface area contributed by atoms with Crippen molar-refractivity contribution in [2.75, 3.05) is 0 Å². The molecule has 0 saturated heterocycles. The van der Waals surface area contributed by atoms with Crippen molar-refractivity contribution < 1.29 is 24.4 Å². The predicted molar refractivity (Wildman–Crippen MR) is 70.2 cm³/mol. The topological polar surface area (TPSA) is 98.0 Å². The molecule has 0 fully saturated rings. The van der Waals surface area contributed by atoms with Gasteiger partial charge >= 0.3 is 7.82 Å². The largest absolute Gasteiger partial charge is 0.508 e. The van der Waals surface area contributed by atoms with Gasteiger partial charge < -0.3 is 19.8 Å². The van der Waals surface area contributed by atoms with Crippen LogP contribution in [0.5, 0.6) is 5.75 Å². The summed E-state index contributed by atoms with van der Waals surface area (Å²) in [5, 5.41) is 9.57. The number of phenolic OH excluding ortho intramolecular Hbond substituents is 1. The molecule has 0 radical (unpaired) electrons. The van der Waals surface area contributed by atoms with Crippen LogP contribution < -0.4 is 0 Å². The standard InChI is InChI=1S/C12H14O.H3O4P/c1-3-6-10-8-5-9-12(13)11(10)7-4-2;1-5(2,3)4/h3-5,8-9,13H,1-2,6-7H2;(H3,1,2,3,4). The molecule has 0 aliphatic carbocycles. The second-order valence-electron chi connectivity index (χ2n) is 3.41. The molecule has 0 bridgehead atoms. The van der Waals surface area contributed by atoms with E-state index in [1.165, 1.54) is 0 Å². The summed E-state index contributed by atoms with van der Waals surface area (Å²) >= 11 is 0. The summed E-state index contributed by atoms with van der Waals surface area (Å²) in [6.45, 7) is 7.34. The van der Waals surface area contributed by atoms with E-state index in [0.717, 1.165) is 17.5 Å². The van der Waals surface area contributed by atoms with Crippen LogP contribution in [0.4, 0.5) is 0 Å². The zero-order valence-corrected chi connectivity index (χ0v) is 10.8. The van der Waals surface area contributed by atoms with E-state index in [0.29, 0.717) is 12.2 Å². The van der Waals surface area contributed by atoms with Crippen LogP contribution >= 0.6 is 7.82 Å². The van der Waals surface area contributed by atoms with Crippen molar-refractivity contribution >= 4 is 7.82 Å². The van der Waals surface area contributed by atoms with Gasteiger partial charge in [0.05, 0.1) is 0 Å². The third-order valence-corrected chi connectivity index (χ3v) is 1.96. The Bertz CT molecular complexity index is 442. The Labute approximate surface area is 106 Å². The van der Waals surface area contributed by atoms with Crippen LogP contribution in [-0.4, -0.2) is 19.8 Å². The molecule has 18 heavy (non-hydrogen) atoms. The normalized spacial score (nSPS) is 10.2. The first kappa shape index (κ1) is 16.6. The Morgan fingerprint density at radius 2 is 1.61 bits per heavy atom. The van der Waals surface area contributed by atoms with Gasteiger partial charge in [0.2, 0.25) is 0 Å². The summed E-state index contributed by atoms with van der Waals surface area (Å²) < 4.78 is 8.88. The quantitative estimate of drug-likeness (QED) is 0.496. The van der Waals surface area contributed by atoms with Gasteiger partial charge in [0.1, 0.15) is 5.75 Å². The van der Waals surface area contributed by atoms with Gasteiger partial charge in [-0.15, -0.1) is 13.2 Å². The highest BCUT2D eigenvalue weighted by atomic mass is 31.2. The molecule has 0 heterocycles. The molecule has 1 aromatic rings. The second-order valence-corrected chi connectivity index (χ2v) is 4.44. The second kappa shape index (κ2) is 7.84. The highest BCUT2D eigenvalue weighted by Gasteiger charge is 2.03. The maximum absolute atomic E-state index is 9.57. The van der Waals surface area contributed by atoms with Crippen molar-refractivity contribution in [3.05, 3.63) is 54.6 Å². The van der Waals surface area contributed by atoms with Crippen LogP contribution in [-0.2, 0) is 17.4 Å². The summed E-state index contributed by atoms with van der Waals surface area (Å²) in [5.74, 6) is 0.347. The Balaban J connectivity index is 0.000000494. The van der Waals surface area contributed by atoms with Gasteiger partial charge in [0.25, 0.3) is 0 Å². The maximum atomic E-state index is 9.57. The smallest absolute Gasteiger partial charge is 0.466 e. The summed E-state index contributed by atoms with van der Waals surface area (Å²) in [5.41, 5.74) is 2.08. The highest BCUT2D eigenvalue weighted by Crippen LogP contribution is 2.25. The molecule has 0 aliphatic rings. The Morgan fingerprint density at radius 3 is 2.06 bits per heavy atom. The third kappa shape index (κ3) is 7.81. The number of phosphoric acid groups is 1. The number of hydrogen-bond acceptors (Lipinski definition) is 2. The molecular weight excluding hydrogens is 255 g/mol. The lowest BCUT2D eigenvalue weighted by Gasteiger charge is -2.07. The monoisotopic (exact) mass is 272 g/mol. The summed E-state index contributed by atoms with van der Waals surface area (Å²) in [6, 6.07) is 5.55. The highest BCUT2D eigenvalue weighted by molar-refractivity contribution is 7.45. The molecule has 1 aromatic carbocycles. The van der Waals surface area contributed by atoms with Gasteiger partial charge in [-0.3, -0.25) is 0 Å². The first-order valence-corrected chi connectivity index (χ1v) is 6.66. The molecule has 0 aliphatic heterocycles. The molecule has 4 N–H and O–H groups in total. The van der Waals surface area contributed by atoms with Gasteiger partial charge in [0.15, 0.2) is 0 Å². The van der Waals surface area contributed by atoms with Gasteiger partial charge in [-0.05, 0) is 24.5 Å². The van der Waals surface area contributed by atoms with Crippen molar-refractivity contribution in [2.24, 2.45) is 0 Å². The molecule has 0 spiro atoms. The van der Waals surface area contributed by atoms with Crippen LogP contribution in [0, 0.1) is 0 Å². The predicted octanol–water partition coefficient (Wildman–Crippen LogP) is 1.92. The fourth-order valence-corrected chi connectivity index (χ4v) is 1.35. The average Bonchev–Trinajstić information content (AvgIpc) is 2.21. The minimum atomic E-state index is -4.64. The molecule has 100 valence electrons. The Morgan fingerprint density at radius 1 is 1.11 bits per heavy atom. The van der Waals surface area contributed by atoms with E-state index in [-0.39, 0.29) is 0 Å². The summed E-state index contributed by atoms with van der Waals surface area (Å²) in [4.78, 5) is 21.6. The number of benzene rings is 1. The first-order chi connectivity index (χ1) is 8.29. The molecular formula is C12H17O5P. The van der Waals surface area contributed by atoms with E-state index in [9.17, 15) is 5.11 Å². The Hall–Kier alpha value is -1.39. The number of aromatic hydroxyl groups is 1. The third-order valence-electron chi connectivity index (χ3n) is 1.96. The van der Waals surface area contributed by atoms with E-state index in [1.807, 2.05) is 18.2 Å². The van der Waals surface area contributed by atoms with Crippen molar-refractivity contribution in [1.29, 1.82) is 0 Å². The summed E-state index contributed by atoms with van der Waals surface area (Å²) in [7, 11) is -4.64. The van der Waals surface area contributed by atoms with Crippen molar-refractivity contribution in [3.8, 4) is 5.75 Å². The zero-order chi connectivity index (χ0) is 14.2. The molecule has 0 aromatic heterocycles. The first-order valence-electron chi connectivity index (χ1n) is 5.09. The van der Waals surface area contributed by atoms with Crippen LogP contribution in [0.1, 0.15) is 11.1 Å². The molecule has 5 nitrogen and oxygen atoms in total. The minimum absolute atomic E-state index is 0.347. The van der Waals surface area contributed by atoms with Crippen molar-refractivity contribution in [1.82, 2.24) is 0 Å². The van der Waals surface area contributed by atoms with E-state index in [2.05, 4.69) is 13.2 Å². The van der Waals surface area contributed by atoms with Crippen LogP contribution in [0.25, 0.3) is 0 Å². The van der Waals surface area contributed by atoms with Crippen molar-refractivity contribution in [2.45, 2.75) is 12.8 Å². The van der Waals surface area contributed by atoms with Crippen LogP contribution in [0.3, 0.4) is 0 Å². The lowest BCUT2D eigenvalue weighted by molar-refractivity contribution is 0.275. The fraction of sp³-hybridized carbons (Fsp3) is 0.167. The molecule has 0 amide bonds. The van der Waals surface area contributed by atoms with Crippen LogP contribution in [0.2, 0.25) is 0 Å². The van der Waals surface area contributed by atoms with E-state index in [1.54, 1.807) is 12.1 Å². The SMILES string of the molecule is C=CCc1cccc(O)c1CC=C.O=P(O)(O)O. The van der Waals surface area contributed by atoms with E-state index in [4.69, 9.17) is 19.2 Å². The minimum Gasteiger partial charge on any atom is -0.508 e. The van der Waals surface area contributed by atoms with Gasteiger partial charge in [-0.1, -0.05) is 24.3 Å². The molecule has 0 saturated carbocycles. The molecule has 0 atom stereocenters. The maximum Gasteiger partial charge on any atom is 0.466 e. The number of rotatable bonds is 4. The van der Waals surface area contributed by atoms with E-state index >= 15 is 0 Å². The lowest BCUT2D eigenvalue weighted by atomic mass is 10.0. The number of hydrogen-bond donors (Lipinski definition) is 4. The Kier molecular flexibility index (Phi) is 7.24. The average molecular weight is 272 g/mol. The molecule has 1 rings (SSSR count). The van der Waals surface area contributed by atoms with Gasteiger partial charge in [0, 0.05) is 5.56 Å². The van der Waals surface area contributed by atoms with Crippen LogP contribution in [0.15, 0.2) is 43.5 Å². The number of allylic oxidation sites excluding steroid dienone is 2. The lowest BCUT2D eigenvalue weighted by Crippen LogP contribution is -1.91. The molecule has 6 heteroatoms. The zero-order valence-electron chi connectivity index (χ0n) is 9.86. The van der Waals surface area contributed by atoms with E-state index < -0.39 is 7.82 Å². The van der Waals surface area contributed by atoms with Gasteiger partial charge in [-0.2, -0.15) is 0 Å². The van der Waals surface area contributed by atoms with Gasteiger partial charge in [-0.25, -0.2) is 4.57 Å². The fourth-order valence-electron chi connectivity index (χ4n) is 1.35. The summed E-state index contributed by atoms with van der Waals surface area (Å²) in [6.07, 6.45) is 5.12.